The molecule has 0 saturated heterocycles. The van der Waals surface area contributed by atoms with E-state index in [0.29, 0.717) is 22.7 Å². The monoisotopic (exact) mass is 438 g/mol. The van der Waals surface area contributed by atoms with Gasteiger partial charge >= 0.3 is 0 Å². The highest BCUT2D eigenvalue weighted by Crippen LogP contribution is 2.42. The number of nitrogens with zero attached hydrogens (tertiary/aromatic N) is 2. The predicted molar refractivity (Wildman–Crippen MR) is 133 cm³/mol. The van der Waals surface area contributed by atoms with Gasteiger partial charge in [0.05, 0.1) is 5.56 Å². The maximum absolute atomic E-state index is 13.2. The Morgan fingerprint density at radius 2 is 1.61 bits per heavy atom. The molecule has 2 heterocycles. The molecule has 0 spiro atoms. The molecule has 5 heteroatoms. The van der Waals surface area contributed by atoms with E-state index < -0.39 is 0 Å². The topological polar surface area (TPSA) is 74.4 Å². The summed E-state index contributed by atoms with van der Waals surface area (Å²) < 4.78 is 0. The molecular formula is C28H30N4O. The maximum Gasteiger partial charge on any atom is 0.260 e. The summed E-state index contributed by atoms with van der Waals surface area (Å²) in [7, 11) is 0. The van der Waals surface area contributed by atoms with Crippen LogP contribution in [-0.2, 0) is 0 Å². The van der Waals surface area contributed by atoms with E-state index in [9.17, 15) is 4.79 Å². The van der Waals surface area contributed by atoms with Gasteiger partial charge in [-0.2, -0.15) is 5.10 Å². The molecule has 5 rings (SSSR count). The van der Waals surface area contributed by atoms with Gasteiger partial charge in [0, 0.05) is 11.3 Å². The fraction of sp³-hybridized carbons (Fsp3) is 0.321. The second-order valence-electron chi connectivity index (χ2n) is 10.1. The van der Waals surface area contributed by atoms with Gasteiger partial charge in [-0.05, 0) is 66.7 Å². The third-order valence-electron chi connectivity index (χ3n) is 7.07. The molecule has 168 valence electrons. The van der Waals surface area contributed by atoms with E-state index in [-0.39, 0.29) is 5.56 Å². The fourth-order valence-corrected chi connectivity index (χ4v) is 4.89. The first-order chi connectivity index (χ1) is 15.9. The van der Waals surface area contributed by atoms with Crippen molar-refractivity contribution < 1.29 is 0 Å². The molecule has 0 atom stereocenters. The van der Waals surface area contributed by atoms with Crippen LogP contribution in [-0.4, -0.2) is 20.2 Å². The van der Waals surface area contributed by atoms with Crippen LogP contribution in [0, 0.1) is 12.3 Å². The Morgan fingerprint density at radius 1 is 0.939 bits per heavy atom. The van der Waals surface area contributed by atoms with Crippen molar-refractivity contribution >= 4 is 0 Å². The lowest BCUT2D eigenvalue weighted by molar-refractivity contribution is 0.224. The molecule has 0 unspecified atom stereocenters. The third kappa shape index (κ3) is 4.40. The number of nitrogens with one attached hydrogen (secondary N) is 2. The molecule has 4 aromatic rings. The largest absolute Gasteiger partial charge is 0.321 e. The zero-order chi connectivity index (χ0) is 23.0. The van der Waals surface area contributed by atoms with Crippen LogP contribution in [0.1, 0.15) is 56.6 Å². The molecular weight excluding hydrogens is 408 g/mol. The van der Waals surface area contributed by atoms with Gasteiger partial charge in [-0.1, -0.05) is 67.9 Å². The molecule has 0 radical (unpaired) electrons. The maximum atomic E-state index is 13.2. The standard InChI is InChI=1S/C28H30N4O/c1-18-4-6-21(7-5-18)23-16-24(31-27(33)25(23)26-29-17-30-32-26)22-10-8-19(9-11-22)20-12-14-28(2,3)15-13-20/h4-11,16-17,20H,12-15H2,1-3H3,(H,31,33)(H,29,30,32). The predicted octanol–water partition coefficient (Wildman–Crippen LogP) is 6.49. The lowest BCUT2D eigenvalue weighted by Gasteiger charge is -2.34. The molecule has 0 bridgehead atoms. The van der Waals surface area contributed by atoms with Crippen molar-refractivity contribution in [2.24, 2.45) is 5.41 Å². The Kier molecular flexibility index (Phi) is 5.49. The number of H-pyrrole nitrogens is 2. The zero-order valence-corrected chi connectivity index (χ0v) is 19.5. The Labute approximate surface area is 194 Å². The van der Waals surface area contributed by atoms with Crippen molar-refractivity contribution in [1.82, 2.24) is 20.2 Å². The first-order valence-electron chi connectivity index (χ1n) is 11.7. The first kappa shape index (κ1) is 21.4. The summed E-state index contributed by atoms with van der Waals surface area (Å²) in [6.07, 6.45) is 6.52. The number of aromatic nitrogens is 4. The molecule has 2 N–H and O–H groups in total. The van der Waals surface area contributed by atoms with Crippen molar-refractivity contribution in [2.45, 2.75) is 52.4 Å². The van der Waals surface area contributed by atoms with E-state index >= 15 is 0 Å². The van der Waals surface area contributed by atoms with Gasteiger partial charge in [-0.25, -0.2) is 4.98 Å². The van der Waals surface area contributed by atoms with Crippen molar-refractivity contribution in [2.75, 3.05) is 0 Å². The molecule has 1 aliphatic carbocycles. The molecule has 1 aliphatic rings. The number of aryl methyl sites for hydroxylation is 1. The van der Waals surface area contributed by atoms with E-state index in [1.54, 1.807) is 0 Å². The molecule has 33 heavy (non-hydrogen) atoms. The first-order valence-corrected chi connectivity index (χ1v) is 11.7. The number of pyridine rings is 1. The third-order valence-corrected chi connectivity index (χ3v) is 7.07. The SMILES string of the molecule is Cc1ccc(-c2cc(-c3ccc(C4CCC(C)(C)CC4)cc3)[nH]c(=O)c2-c2nc[nH]n2)cc1. The minimum atomic E-state index is -0.193. The smallest absolute Gasteiger partial charge is 0.260 e. The molecule has 2 aromatic carbocycles. The molecule has 1 saturated carbocycles. The Balaban J connectivity index is 1.53. The van der Waals surface area contributed by atoms with E-state index in [0.717, 1.165) is 22.4 Å². The highest BCUT2D eigenvalue weighted by Gasteiger charge is 2.27. The van der Waals surface area contributed by atoms with Crippen LogP contribution in [0.5, 0.6) is 0 Å². The van der Waals surface area contributed by atoms with Gasteiger partial charge in [-0.3, -0.25) is 9.89 Å². The van der Waals surface area contributed by atoms with Gasteiger partial charge in [0.2, 0.25) is 0 Å². The van der Waals surface area contributed by atoms with Gasteiger partial charge in [0.1, 0.15) is 6.33 Å². The molecule has 1 fully saturated rings. The second-order valence-corrected chi connectivity index (χ2v) is 10.1. The van der Waals surface area contributed by atoms with Crippen molar-refractivity contribution in [3.05, 3.63) is 82.4 Å². The number of hydrogen-bond donors (Lipinski definition) is 2. The number of hydrogen-bond acceptors (Lipinski definition) is 3. The van der Waals surface area contributed by atoms with E-state index in [1.807, 2.05) is 18.2 Å². The normalized spacial score (nSPS) is 16.1. The summed E-state index contributed by atoms with van der Waals surface area (Å²) in [5, 5.41) is 6.89. The summed E-state index contributed by atoms with van der Waals surface area (Å²) in [5.74, 6) is 1.02. The number of rotatable bonds is 4. The van der Waals surface area contributed by atoms with Gasteiger partial charge in [0.15, 0.2) is 5.82 Å². The molecule has 2 aromatic heterocycles. The Bertz CT molecular complexity index is 1290. The van der Waals surface area contributed by atoms with E-state index in [2.05, 4.69) is 77.3 Å². The van der Waals surface area contributed by atoms with Crippen LogP contribution in [0.15, 0.2) is 65.7 Å². The fourth-order valence-electron chi connectivity index (χ4n) is 4.89. The van der Waals surface area contributed by atoms with Gasteiger partial charge in [0.25, 0.3) is 5.56 Å². The van der Waals surface area contributed by atoms with Crippen LogP contribution in [0.3, 0.4) is 0 Å². The summed E-state index contributed by atoms with van der Waals surface area (Å²) in [6, 6.07) is 18.9. The summed E-state index contributed by atoms with van der Waals surface area (Å²) in [5.41, 5.74) is 6.91. The van der Waals surface area contributed by atoms with Crippen LogP contribution >= 0.6 is 0 Å². The minimum absolute atomic E-state index is 0.193. The number of aromatic amines is 2. The van der Waals surface area contributed by atoms with Crippen LogP contribution in [0.4, 0.5) is 0 Å². The highest BCUT2D eigenvalue weighted by atomic mass is 16.1. The summed E-state index contributed by atoms with van der Waals surface area (Å²) >= 11 is 0. The van der Waals surface area contributed by atoms with Crippen LogP contribution in [0.25, 0.3) is 33.8 Å². The van der Waals surface area contributed by atoms with Gasteiger partial charge < -0.3 is 4.98 Å². The Morgan fingerprint density at radius 3 is 2.24 bits per heavy atom. The lowest BCUT2D eigenvalue weighted by Crippen LogP contribution is -2.20. The summed E-state index contributed by atoms with van der Waals surface area (Å²) in [6.45, 7) is 6.80. The minimum Gasteiger partial charge on any atom is -0.321 e. The molecule has 0 aliphatic heterocycles. The average molecular weight is 439 g/mol. The van der Waals surface area contributed by atoms with Crippen molar-refractivity contribution in [3.63, 3.8) is 0 Å². The Hall–Kier alpha value is -3.47. The zero-order valence-electron chi connectivity index (χ0n) is 19.5. The second kappa shape index (κ2) is 8.47. The molecule has 0 amide bonds. The summed E-state index contributed by atoms with van der Waals surface area (Å²) in [4.78, 5) is 20.5. The van der Waals surface area contributed by atoms with Crippen molar-refractivity contribution in [3.8, 4) is 33.8 Å². The van der Waals surface area contributed by atoms with Crippen LogP contribution < -0.4 is 5.56 Å². The van der Waals surface area contributed by atoms with Crippen LogP contribution in [0.2, 0.25) is 0 Å². The van der Waals surface area contributed by atoms with Gasteiger partial charge in [-0.15, -0.1) is 0 Å². The lowest BCUT2D eigenvalue weighted by atomic mass is 9.71. The molecule has 5 nitrogen and oxygen atoms in total. The quantitative estimate of drug-likeness (QED) is 0.383. The number of benzene rings is 2. The average Bonchev–Trinajstić information content (AvgIpc) is 3.34. The highest BCUT2D eigenvalue weighted by molar-refractivity contribution is 5.83. The van der Waals surface area contributed by atoms with E-state index in [4.69, 9.17) is 0 Å². The van der Waals surface area contributed by atoms with E-state index in [1.165, 1.54) is 43.1 Å². The van der Waals surface area contributed by atoms with Crippen molar-refractivity contribution in [1.29, 1.82) is 0 Å².